The number of hydrogen-bond donors (Lipinski definition) is 5. The zero-order chi connectivity index (χ0) is 24.6. The van der Waals surface area contributed by atoms with Crippen LogP contribution in [0.2, 0.25) is 0 Å². The van der Waals surface area contributed by atoms with E-state index in [9.17, 15) is 35.1 Å². The van der Waals surface area contributed by atoms with Crippen LogP contribution in [0.3, 0.4) is 0 Å². The van der Waals surface area contributed by atoms with Gasteiger partial charge in [0.05, 0.1) is 11.5 Å². The molecule has 34 heavy (non-hydrogen) atoms. The van der Waals surface area contributed by atoms with Gasteiger partial charge in [0.2, 0.25) is 0 Å². The highest BCUT2D eigenvalue weighted by Crippen LogP contribution is 2.47. The molecule has 0 amide bonds. The number of carbonyl (C=O) groups excluding carboxylic acids is 2. The number of phenols is 4. The van der Waals surface area contributed by atoms with Crippen LogP contribution in [-0.4, -0.2) is 37.3 Å². The Balaban J connectivity index is 1.76. The highest BCUT2D eigenvalue weighted by molar-refractivity contribution is 5.95. The molecule has 9 nitrogen and oxygen atoms in total. The summed E-state index contributed by atoms with van der Waals surface area (Å²) in [5.41, 5.74) is 0.689. The van der Waals surface area contributed by atoms with Gasteiger partial charge in [-0.3, -0.25) is 4.79 Å². The quantitative estimate of drug-likeness (QED) is 0.259. The van der Waals surface area contributed by atoms with Crippen molar-refractivity contribution < 1.29 is 44.6 Å². The van der Waals surface area contributed by atoms with E-state index in [0.29, 0.717) is 11.1 Å². The molecule has 2 aliphatic rings. The standard InChI is InChI=1S/C25H20O9/c1-12(26)8-21-23-22(25(32)34-24(23)14-4-7-17(28)19(30)10-14)20(31)11-15(33-21)5-2-13-3-6-16(27)18(29)9-13/h2-11,23-24,27-31H,1H3. The monoisotopic (exact) mass is 464 g/mol. The van der Waals surface area contributed by atoms with Gasteiger partial charge in [0.25, 0.3) is 0 Å². The highest BCUT2D eigenvalue weighted by atomic mass is 16.6. The molecule has 9 heteroatoms. The largest absolute Gasteiger partial charge is 0.507 e. The van der Waals surface area contributed by atoms with Crippen LogP contribution in [0.5, 0.6) is 23.0 Å². The number of ketones is 1. The van der Waals surface area contributed by atoms with Crippen molar-refractivity contribution in [3.63, 3.8) is 0 Å². The van der Waals surface area contributed by atoms with Crippen molar-refractivity contribution in [2.75, 3.05) is 0 Å². The van der Waals surface area contributed by atoms with E-state index < -0.39 is 29.5 Å². The first-order valence-corrected chi connectivity index (χ1v) is 10.1. The molecule has 0 bridgehead atoms. The molecule has 2 heterocycles. The fourth-order valence-electron chi connectivity index (χ4n) is 3.72. The van der Waals surface area contributed by atoms with Crippen LogP contribution < -0.4 is 0 Å². The number of benzene rings is 2. The summed E-state index contributed by atoms with van der Waals surface area (Å²) >= 11 is 0. The van der Waals surface area contributed by atoms with Crippen molar-refractivity contribution in [2.24, 2.45) is 5.92 Å². The Morgan fingerprint density at radius 2 is 1.59 bits per heavy atom. The van der Waals surface area contributed by atoms with Gasteiger partial charge in [-0.25, -0.2) is 4.79 Å². The average molecular weight is 464 g/mol. The van der Waals surface area contributed by atoms with Crippen LogP contribution in [0.25, 0.3) is 6.08 Å². The fourth-order valence-corrected chi connectivity index (χ4v) is 3.72. The topological polar surface area (TPSA) is 154 Å². The summed E-state index contributed by atoms with van der Waals surface area (Å²) in [6.07, 6.45) is 4.30. The highest BCUT2D eigenvalue weighted by Gasteiger charge is 2.47. The second-order valence-electron chi connectivity index (χ2n) is 7.74. The minimum Gasteiger partial charge on any atom is -0.507 e. The Kier molecular flexibility index (Phi) is 5.77. The van der Waals surface area contributed by atoms with Gasteiger partial charge in [0, 0.05) is 12.2 Å². The predicted octanol–water partition coefficient (Wildman–Crippen LogP) is 3.64. The van der Waals surface area contributed by atoms with Crippen molar-refractivity contribution in [1.29, 1.82) is 0 Å². The number of phenolic OH excluding ortho intramolecular Hbond substituents is 4. The zero-order valence-corrected chi connectivity index (χ0v) is 17.8. The molecule has 0 spiro atoms. The van der Waals surface area contributed by atoms with E-state index in [4.69, 9.17) is 9.47 Å². The van der Waals surface area contributed by atoms with Crippen molar-refractivity contribution in [1.82, 2.24) is 0 Å². The molecule has 2 aromatic carbocycles. The number of aromatic hydroxyl groups is 4. The third-order valence-electron chi connectivity index (χ3n) is 5.28. The second kappa shape index (κ2) is 8.70. The van der Waals surface area contributed by atoms with E-state index in [1.165, 1.54) is 67.6 Å². The van der Waals surface area contributed by atoms with Crippen LogP contribution in [0.1, 0.15) is 24.2 Å². The van der Waals surface area contributed by atoms with Crippen molar-refractivity contribution >= 4 is 17.8 Å². The number of ether oxygens (including phenoxy) is 2. The Hall–Kier alpha value is -4.66. The van der Waals surface area contributed by atoms with E-state index in [1.807, 2.05) is 0 Å². The SMILES string of the molecule is CC(=O)C=C1OC(C=Cc2ccc(O)c(O)c2)=CC(O)=C2C(=O)OC(c3ccc(O)c(O)c3)C12. The predicted molar refractivity (Wildman–Crippen MR) is 118 cm³/mol. The minimum atomic E-state index is -1.05. The van der Waals surface area contributed by atoms with E-state index in [-0.39, 0.29) is 40.1 Å². The lowest BCUT2D eigenvalue weighted by Crippen LogP contribution is -2.15. The molecule has 2 atom stereocenters. The molecule has 5 N–H and O–H groups in total. The number of allylic oxidation sites excluding steroid dienone is 3. The van der Waals surface area contributed by atoms with Gasteiger partial charge >= 0.3 is 5.97 Å². The summed E-state index contributed by atoms with van der Waals surface area (Å²) in [5.74, 6) is -3.94. The number of rotatable bonds is 4. The Labute approximate surface area is 193 Å². The lowest BCUT2D eigenvalue weighted by atomic mass is 9.88. The Bertz CT molecular complexity index is 1310. The molecule has 4 rings (SSSR count). The molecular weight excluding hydrogens is 444 g/mol. The van der Waals surface area contributed by atoms with Gasteiger partial charge in [-0.1, -0.05) is 18.2 Å². The minimum absolute atomic E-state index is 0.0272. The number of cyclic esters (lactones) is 1. The number of aliphatic hydroxyl groups excluding tert-OH is 1. The summed E-state index contributed by atoms with van der Waals surface area (Å²) in [4.78, 5) is 24.6. The number of hydrogen-bond acceptors (Lipinski definition) is 9. The molecule has 0 saturated carbocycles. The van der Waals surface area contributed by atoms with Gasteiger partial charge in [0.1, 0.15) is 23.4 Å². The number of fused-ring (bicyclic) bond motifs is 1. The Morgan fingerprint density at radius 1 is 0.912 bits per heavy atom. The lowest BCUT2D eigenvalue weighted by Gasteiger charge is -2.21. The third-order valence-corrected chi connectivity index (χ3v) is 5.28. The van der Waals surface area contributed by atoms with Crippen molar-refractivity contribution in [3.8, 4) is 23.0 Å². The van der Waals surface area contributed by atoms with Gasteiger partial charge < -0.3 is 35.0 Å². The van der Waals surface area contributed by atoms with E-state index in [2.05, 4.69) is 0 Å². The molecule has 174 valence electrons. The van der Waals surface area contributed by atoms with Crippen molar-refractivity contribution in [3.05, 3.63) is 88.6 Å². The summed E-state index contributed by atoms with van der Waals surface area (Å²) in [6, 6.07) is 8.03. The molecule has 1 saturated heterocycles. The zero-order valence-electron chi connectivity index (χ0n) is 17.8. The summed E-state index contributed by atoms with van der Waals surface area (Å²) in [6.45, 7) is 1.29. The summed E-state index contributed by atoms with van der Waals surface area (Å²) in [5, 5.41) is 49.3. The van der Waals surface area contributed by atoms with Crippen LogP contribution in [0, 0.1) is 5.92 Å². The first-order valence-electron chi connectivity index (χ1n) is 10.1. The number of aliphatic hydroxyl groups is 1. The second-order valence-corrected chi connectivity index (χ2v) is 7.74. The maximum Gasteiger partial charge on any atom is 0.339 e. The molecule has 2 aliphatic heterocycles. The maximum atomic E-state index is 12.7. The Morgan fingerprint density at radius 3 is 2.24 bits per heavy atom. The maximum absolute atomic E-state index is 12.7. The van der Waals surface area contributed by atoms with Crippen LogP contribution in [0.15, 0.2) is 77.5 Å². The number of esters is 1. The molecule has 1 fully saturated rings. The normalized spacial score (nSPS) is 21.1. The van der Waals surface area contributed by atoms with Gasteiger partial charge in [0.15, 0.2) is 28.8 Å². The smallest absolute Gasteiger partial charge is 0.339 e. The van der Waals surface area contributed by atoms with E-state index >= 15 is 0 Å². The average Bonchev–Trinajstić information content (AvgIpc) is 3.05. The molecule has 0 radical (unpaired) electrons. The van der Waals surface area contributed by atoms with Crippen LogP contribution in [0.4, 0.5) is 0 Å². The summed E-state index contributed by atoms with van der Waals surface area (Å²) in [7, 11) is 0. The van der Waals surface area contributed by atoms with Crippen molar-refractivity contribution in [2.45, 2.75) is 13.0 Å². The molecular formula is C25H20O9. The van der Waals surface area contributed by atoms with Crippen LogP contribution >= 0.6 is 0 Å². The van der Waals surface area contributed by atoms with Gasteiger partial charge in [-0.2, -0.15) is 0 Å². The molecule has 0 aliphatic carbocycles. The van der Waals surface area contributed by atoms with E-state index in [0.717, 1.165) is 0 Å². The van der Waals surface area contributed by atoms with Crippen LogP contribution in [-0.2, 0) is 19.1 Å². The fraction of sp³-hybridized carbons (Fsp3) is 0.120. The van der Waals surface area contributed by atoms with Gasteiger partial charge in [-0.15, -0.1) is 0 Å². The first kappa shape index (κ1) is 22.5. The van der Waals surface area contributed by atoms with E-state index in [1.54, 1.807) is 0 Å². The molecule has 0 aromatic heterocycles. The van der Waals surface area contributed by atoms with Gasteiger partial charge in [-0.05, 0) is 48.4 Å². The lowest BCUT2D eigenvalue weighted by molar-refractivity contribution is -0.139. The third kappa shape index (κ3) is 4.31. The first-order chi connectivity index (χ1) is 16.1. The number of carbonyl (C=O) groups is 2. The summed E-state index contributed by atoms with van der Waals surface area (Å²) < 4.78 is 11.3. The molecule has 2 aromatic rings. The molecule has 2 unspecified atom stereocenters.